The van der Waals surface area contributed by atoms with Gasteiger partial charge in [-0.1, -0.05) is 29.8 Å². The number of carbonyl (C=O) groups excluding carboxylic acids is 1. The topological polar surface area (TPSA) is 64.4 Å². The van der Waals surface area contributed by atoms with Crippen LogP contribution < -0.4 is 11.1 Å². The van der Waals surface area contributed by atoms with E-state index in [1.165, 1.54) is 11.1 Å². The number of hydrogen-bond donors (Lipinski definition) is 2. The smallest absolute Gasteiger partial charge is 0.237 e. The van der Waals surface area contributed by atoms with Crippen LogP contribution in [0.4, 0.5) is 0 Å². The first-order valence-electron chi connectivity index (χ1n) is 7.91. The van der Waals surface area contributed by atoms with Gasteiger partial charge in [0.15, 0.2) is 0 Å². The summed E-state index contributed by atoms with van der Waals surface area (Å²) in [5.74, 6) is 2.11. The quantitative estimate of drug-likeness (QED) is 0.755. The van der Waals surface area contributed by atoms with E-state index in [4.69, 9.17) is 10.5 Å². The van der Waals surface area contributed by atoms with Crippen LogP contribution in [0.3, 0.4) is 0 Å². The van der Waals surface area contributed by atoms with Crippen LogP contribution >= 0.6 is 11.8 Å². The highest BCUT2D eigenvalue weighted by atomic mass is 32.2. The van der Waals surface area contributed by atoms with Crippen LogP contribution in [-0.2, 0) is 15.3 Å². The molecule has 1 heterocycles. The average molecular weight is 322 g/mol. The van der Waals surface area contributed by atoms with E-state index >= 15 is 0 Å². The molecule has 1 atom stereocenters. The van der Waals surface area contributed by atoms with E-state index in [1.54, 1.807) is 0 Å². The maximum atomic E-state index is 12.0. The number of benzene rings is 1. The molecular formula is C17H26N2O2S. The number of ether oxygens (including phenoxy) is 1. The van der Waals surface area contributed by atoms with Crippen LogP contribution in [0.15, 0.2) is 24.3 Å². The Morgan fingerprint density at radius 1 is 1.36 bits per heavy atom. The highest BCUT2D eigenvalue weighted by Crippen LogP contribution is 2.17. The maximum absolute atomic E-state index is 12.0. The molecule has 1 unspecified atom stereocenters. The molecule has 1 aromatic rings. The Balaban J connectivity index is 1.59. The molecule has 1 aliphatic heterocycles. The van der Waals surface area contributed by atoms with Crippen molar-refractivity contribution in [1.82, 2.24) is 5.32 Å². The van der Waals surface area contributed by atoms with Gasteiger partial charge in [-0.05, 0) is 31.2 Å². The fourth-order valence-corrected chi connectivity index (χ4v) is 3.35. The number of aryl methyl sites for hydroxylation is 1. The Hall–Kier alpha value is -1.04. The molecule has 122 valence electrons. The highest BCUT2D eigenvalue weighted by Gasteiger charge is 2.26. The minimum absolute atomic E-state index is 0.0252. The molecule has 1 aromatic carbocycles. The number of carbonyl (C=O) groups is 1. The van der Waals surface area contributed by atoms with E-state index in [1.807, 2.05) is 11.8 Å². The third-order valence-electron chi connectivity index (χ3n) is 4.01. The molecule has 2 rings (SSSR count). The zero-order chi connectivity index (χ0) is 15.8. The van der Waals surface area contributed by atoms with Crippen molar-refractivity contribution in [2.75, 3.05) is 25.5 Å². The molecule has 4 nitrogen and oxygen atoms in total. The molecule has 0 spiro atoms. The van der Waals surface area contributed by atoms with Crippen molar-refractivity contribution in [3.63, 3.8) is 0 Å². The molecule has 0 radical (unpaired) electrons. The number of thioether (sulfide) groups is 1. The summed E-state index contributed by atoms with van der Waals surface area (Å²) in [7, 11) is 0. The van der Waals surface area contributed by atoms with E-state index in [-0.39, 0.29) is 11.8 Å². The molecule has 1 fully saturated rings. The Morgan fingerprint density at radius 2 is 2.05 bits per heavy atom. The minimum atomic E-state index is -0.397. The van der Waals surface area contributed by atoms with Crippen molar-refractivity contribution in [2.45, 2.75) is 31.6 Å². The predicted octanol–water partition coefficient (Wildman–Crippen LogP) is 2.10. The second kappa shape index (κ2) is 9.18. The Bertz CT molecular complexity index is 458. The molecule has 1 saturated heterocycles. The Morgan fingerprint density at radius 3 is 2.73 bits per heavy atom. The molecule has 0 saturated carbocycles. The molecule has 3 N–H and O–H groups in total. The zero-order valence-corrected chi connectivity index (χ0v) is 14.0. The zero-order valence-electron chi connectivity index (χ0n) is 13.2. The van der Waals surface area contributed by atoms with Crippen molar-refractivity contribution >= 4 is 17.7 Å². The summed E-state index contributed by atoms with van der Waals surface area (Å²) >= 11 is 1.83. The summed E-state index contributed by atoms with van der Waals surface area (Å²) < 4.78 is 5.30. The van der Waals surface area contributed by atoms with Crippen molar-refractivity contribution < 1.29 is 9.53 Å². The van der Waals surface area contributed by atoms with Crippen LogP contribution in [0, 0.1) is 12.8 Å². The molecule has 1 aliphatic rings. The maximum Gasteiger partial charge on any atom is 0.237 e. The van der Waals surface area contributed by atoms with Gasteiger partial charge >= 0.3 is 0 Å². The van der Waals surface area contributed by atoms with Gasteiger partial charge in [0.1, 0.15) is 0 Å². The summed E-state index contributed by atoms with van der Waals surface area (Å²) in [6, 6.07) is 8.17. The van der Waals surface area contributed by atoms with Crippen LogP contribution in [0.25, 0.3) is 0 Å². The fourth-order valence-electron chi connectivity index (χ4n) is 2.53. The lowest BCUT2D eigenvalue weighted by atomic mass is 9.92. The van der Waals surface area contributed by atoms with Gasteiger partial charge in [0.2, 0.25) is 5.91 Å². The first kappa shape index (κ1) is 17.3. The highest BCUT2D eigenvalue weighted by molar-refractivity contribution is 7.98. The van der Waals surface area contributed by atoms with Gasteiger partial charge in [-0.3, -0.25) is 4.79 Å². The predicted molar refractivity (Wildman–Crippen MR) is 91.9 cm³/mol. The van der Waals surface area contributed by atoms with Crippen molar-refractivity contribution in [1.29, 1.82) is 0 Å². The lowest BCUT2D eigenvalue weighted by molar-refractivity contribution is -0.124. The number of amides is 1. The van der Waals surface area contributed by atoms with Crippen molar-refractivity contribution in [3.8, 4) is 0 Å². The fraction of sp³-hybridized carbons (Fsp3) is 0.588. The lowest BCUT2D eigenvalue weighted by Gasteiger charge is -2.26. The molecular weight excluding hydrogens is 296 g/mol. The van der Waals surface area contributed by atoms with E-state index in [0.717, 1.165) is 37.6 Å². The monoisotopic (exact) mass is 322 g/mol. The van der Waals surface area contributed by atoms with Crippen molar-refractivity contribution in [2.24, 2.45) is 11.7 Å². The summed E-state index contributed by atoms with van der Waals surface area (Å²) in [5, 5.41) is 2.95. The largest absolute Gasteiger partial charge is 0.381 e. The third kappa shape index (κ3) is 5.63. The van der Waals surface area contributed by atoms with Crippen LogP contribution in [0.1, 0.15) is 24.0 Å². The van der Waals surface area contributed by atoms with Crippen LogP contribution in [-0.4, -0.2) is 37.5 Å². The number of nitrogens with one attached hydrogen (secondary N) is 1. The van der Waals surface area contributed by atoms with Gasteiger partial charge in [0, 0.05) is 31.3 Å². The standard InChI is InChI=1S/C17H26N2O2S/c1-13-2-4-14(5-3-13)12-22-11-8-19-17(20)16(18)15-6-9-21-10-7-15/h2-5,15-16H,6-12,18H2,1H3,(H,19,20). The summed E-state index contributed by atoms with van der Waals surface area (Å²) in [6.45, 7) is 4.20. The molecule has 5 heteroatoms. The Kier molecular flexibility index (Phi) is 7.22. The molecule has 0 aromatic heterocycles. The molecule has 1 amide bonds. The number of nitrogens with two attached hydrogens (primary N) is 1. The normalized spacial score (nSPS) is 17.2. The Labute approximate surface area is 137 Å². The first-order valence-corrected chi connectivity index (χ1v) is 9.06. The molecule has 0 bridgehead atoms. The van der Waals surface area contributed by atoms with E-state index in [0.29, 0.717) is 6.54 Å². The van der Waals surface area contributed by atoms with Gasteiger partial charge in [-0.15, -0.1) is 0 Å². The lowest BCUT2D eigenvalue weighted by Crippen LogP contribution is -2.47. The van der Waals surface area contributed by atoms with Crippen LogP contribution in [0.5, 0.6) is 0 Å². The SMILES string of the molecule is Cc1ccc(CSCCNC(=O)C(N)C2CCOCC2)cc1. The van der Waals surface area contributed by atoms with E-state index in [9.17, 15) is 4.79 Å². The average Bonchev–Trinajstić information content (AvgIpc) is 2.56. The van der Waals surface area contributed by atoms with Gasteiger partial charge < -0.3 is 15.8 Å². The second-order valence-electron chi connectivity index (χ2n) is 5.80. The summed E-state index contributed by atoms with van der Waals surface area (Å²) in [5.41, 5.74) is 8.64. The molecule has 0 aliphatic carbocycles. The second-order valence-corrected chi connectivity index (χ2v) is 6.91. The number of hydrogen-bond acceptors (Lipinski definition) is 4. The van der Waals surface area contributed by atoms with Gasteiger partial charge in [0.25, 0.3) is 0 Å². The number of rotatable bonds is 7. The molecule has 22 heavy (non-hydrogen) atoms. The minimum Gasteiger partial charge on any atom is -0.381 e. The van der Waals surface area contributed by atoms with Gasteiger partial charge in [0.05, 0.1) is 6.04 Å². The van der Waals surface area contributed by atoms with E-state index < -0.39 is 6.04 Å². The first-order chi connectivity index (χ1) is 10.7. The van der Waals surface area contributed by atoms with Crippen LogP contribution in [0.2, 0.25) is 0 Å². The van der Waals surface area contributed by atoms with Gasteiger partial charge in [-0.25, -0.2) is 0 Å². The van der Waals surface area contributed by atoms with E-state index in [2.05, 4.69) is 36.5 Å². The summed E-state index contributed by atoms with van der Waals surface area (Å²) in [4.78, 5) is 12.0. The summed E-state index contributed by atoms with van der Waals surface area (Å²) in [6.07, 6.45) is 1.77. The third-order valence-corrected chi connectivity index (χ3v) is 5.04. The van der Waals surface area contributed by atoms with Gasteiger partial charge in [-0.2, -0.15) is 11.8 Å². The van der Waals surface area contributed by atoms with Crippen molar-refractivity contribution in [3.05, 3.63) is 35.4 Å².